The predicted octanol–water partition coefficient (Wildman–Crippen LogP) is 1.08. The first-order chi connectivity index (χ1) is 7.20. The fourth-order valence-corrected chi connectivity index (χ4v) is 1.15. The molecule has 1 atom stereocenters. The molecule has 0 aromatic heterocycles. The molecule has 0 aliphatic rings. The van der Waals surface area contributed by atoms with Crippen LogP contribution in [0.4, 0.5) is 0 Å². The van der Waals surface area contributed by atoms with Crippen molar-refractivity contribution in [3.63, 3.8) is 0 Å². The lowest BCUT2D eigenvalue weighted by Crippen LogP contribution is -2.26. The van der Waals surface area contributed by atoms with E-state index in [4.69, 9.17) is 4.74 Å². The van der Waals surface area contributed by atoms with Gasteiger partial charge in [0, 0.05) is 26.2 Å². The first kappa shape index (κ1) is 14.4. The number of hydrogen-bond donors (Lipinski definition) is 2. The van der Waals surface area contributed by atoms with E-state index in [1.54, 1.807) is 0 Å². The molecule has 1 unspecified atom stereocenters. The zero-order valence-corrected chi connectivity index (χ0v) is 9.79. The van der Waals surface area contributed by atoms with Gasteiger partial charge in [0.15, 0.2) is 0 Å². The van der Waals surface area contributed by atoms with Crippen LogP contribution in [-0.4, -0.2) is 36.9 Å². The average molecular weight is 217 g/mol. The van der Waals surface area contributed by atoms with Gasteiger partial charge in [-0.05, 0) is 26.2 Å². The summed E-state index contributed by atoms with van der Waals surface area (Å²) < 4.78 is 5.12. The van der Waals surface area contributed by atoms with Crippen molar-refractivity contribution in [2.45, 2.75) is 45.6 Å². The number of nitrogens with one attached hydrogen (secondary N) is 1. The maximum absolute atomic E-state index is 11.2. The Balaban J connectivity index is 3.26. The molecule has 0 aliphatic carbocycles. The third-order valence-electron chi connectivity index (χ3n) is 2.17. The first-order valence-electron chi connectivity index (χ1n) is 5.73. The van der Waals surface area contributed by atoms with Gasteiger partial charge in [0.2, 0.25) is 5.91 Å². The molecule has 0 saturated heterocycles. The zero-order chi connectivity index (χ0) is 11.5. The molecule has 4 nitrogen and oxygen atoms in total. The standard InChI is InChI=1S/C11H23NO3/c1-3-10(13)7-8-12-11(14)6-5-9-15-4-2/h10,13H,3-9H2,1-2H3,(H,12,14). The Morgan fingerprint density at radius 3 is 2.80 bits per heavy atom. The SMILES string of the molecule is CCOCCCC(=O)NCCC(O)CC. The Kier molecular flexibility index (Phi) is 9.52. The molecule has 0 radical (unpaired) electrons. The van der Waals surface area contributed by atoms with Gasteiger partial charge < -0.3 is 15.2 Å². The minimum Gasteiger partial charge on any atom is -0.393 e. The van der Waals surface area contributed by atoms with E-state index >= 15 is 0 Å². The highest BCUT2D eigenvalue weighted by atomic mass is 16.5. The van der Waals surface area contributed by atoms with Gasteiger partial charge in [0.1, 0.15) is 0 Å². The molecule has 0 rings (SSSR count). The van der Waals surface area contributed by atoms with E-state index in [0.29, 0.717) is 32.6 Å². The molecule has 90 valence electrons. The minimum atomic E-state index is -0.297. The highest BCUT2D eigenvalue weighted by molar-refractivity contribution is 5.75. The Morgan fingerprint density at radius 1 is 1.47 bits per heavy atom. The molecule has 0 heterocycles. The molecule has 0 aliphatic heterocycles. The Labute approximate surface area is 92.0 Å². The number of ether oxygens (including phenoxy) is 1. The molecule has 0 saturated carbocycles. The Morgan fingerprint density at radius 2 is 2.20 bits per heavy atom. The van der Waals surface area contributed by atoms with E-state index in [1.165, 1.54) is 0 Å². The van der Waals surface area contributed by atoms with Crippen LogP contribution in [0.1, 0.15) is 39.5 Å². The predicted molar refractivity (Wildman–Crippen MR) is 59.7 cm³/mol. The number of carbonyl (C=O) groups excluding carboxylic acids is 1. The Bertz CT molecular complexity index is 162. The Hall–Kier alpha value is -0.610. The van der Waals surface area contributed by atoms with Gasteiger partial charge in [-0.2, -0.15) is 0 Å². The molecular formula is C11H23NO3. The maximum Gasteiger partial charge on any atom is 0.220 e. The van der Waals surface area contributed by atoms with Crippen molar-refractivity contribution in [2.75, 3.05) is 19.8 Å². The molecule has 0 bridgehead atoms. The van der Waals surface area contributed by atoms with Gasteiger partial charge in [-0.25, -0.2) is 0 Å². The van der Waals surface area contributed by atoms with Crippen LogP contribution >= 0.6 is 0 Å². The second-order valence-corrected chi connectivity index (χ2v) is 3.50. The topological polar surface area (TPSA) is 58.6 Å². The van der Waals surface area contributed by atoms with Crippen LogP contribution in [0, 0.1) is 0 Å². The number of hydrogen-bond acceptors (Lipinski definition) is 3. The molecule has 0 aromatic rings. The van der Waals surface area contributed by atoms with Gasteiger partial charge in [0.05, 0.1) is 6.10 Å². The van der Waals surface area contributed by atoms with Crippen LogP contribution < -0.4 is 5.32 Å². The average Bonchev–Trinajstić information content (AvgIpc) is 2.24. The van der Waals surface area contributed by atoms with Crippen molar-refractivity contribution in [1.82, 2.24) is 5.32 Å². The van der Waals surface area contributed by atoms with Crippen molar-refractivity contribution < 1.29 is 14.6 Å². The molecule has 15 heavy (non-hydrogen) atoms. The lowest BCUT2D eigenvalue weighted by Gasteiger charge is -2.08. The zero-order valence-electron chi connectivity index (χ0n) is 9.79. The van der Waals surface area contributed by atoms with E-state index in [9.17, 15) is 9.90 Å². The monoisotopic (exact) mass is 217 g/mol. The molecule has 4 heteroatoms. The van der Waals surface area contributed by atoms with Crippen LogP contribution in [0.2, 0.25) is 0 Å². The molecule has 1 amide bonds. The van der Waals surface area contributed by atoms with Crippen LogP contribution in [0.5, 0.6) is 0 Å². The highest BCUT2D eigenvalue weighted by Crippen LogP contribution is 1.95. The van der Waals surface area contributed by atoms with Crippen molar-refractivity contribution in [1.29, 1.82) is 0 Å². The van der Waals surface area contributed by atoms with E-state index < -0.39 is 0 Å². The van der Waals surface area contributed by atoms with Gasteiger partial charge in [-0.15, -0.1) is 0 Å². The van der Waals surface area contributed by atoms with Gasteiger partial charge in [-0.3, -0.25) is 4.79 Å². The number of rotatable bonds is 9. The highest BCUT2D eigenvalue weighted by Gasteiger charge is 2.03. The quantitative estimate of drug-likeness (QED) is 0.568. The van der Waals surface area contributed by atoms with Crippen LogP contribution in [0.3, 0.4) is 0 Å². The fraction of sp³-hybridized carbons (Fsp3) is 0.909. The molecule has 0 spiro atoms. The fourth-order valence-electron chi connectivity index (χ4n) is 1.15. The number of carbonyl (C=O) groups is 1. The second kappa shape index (κ2) is 9.93. The number of aliphatic hydroxyl groups excluding tert-OH is 1. The number of aliphatic hydroxyl groups is 1. The van der Waals surface area contributed by atoms with E-state index in [-0.39, 0.29) is 12.0 Å². The van der Waals surface area contributed by atoms with E-state index in [1.807, 2.05) is 13.8 Å². The number of amides is 1. The summed E-state index contributed by atoms with van der Waals surface area (Å²) in [4.78, 5) is 11.2. The van der Waals surface area contributed by atoms with Gasteiger partial charge >= 0.3 is 0 Å². The largest absolute Gasteiger partial charge is 0.393 e. The summed E-state index contributed by atoms with van der Waals surface area (Å²) in [6, 6.07) is 0. The summed E-state index contributed by atoms with van der Waals surface area (Å²) in [6.07, 6.45) is 2.33. The smallest absolute Gasteiger partial charge is 0.220 e. The molecule has 0 aromatic carbocycles. The maximum atomic E-state index is 11.2. The second-order valence-electron chi connectivity index (χ2n) is 3.50. The minimum absolute atomic E-state index is 0.0398. The van der Waals surface area contributed by atoms with Crippen molar-refractivity contribution in [3.05, 3.63) is 0 Å². The van der Waals surface area contributed by atoms with Gasteiger partial charge in [0.25, 0.3) is 0 Å². The molecular weight excluding hydrogens is 194 g/mol. The van der Waals surface area contributed by atoms with Gasteiger partial charge in [-0.1, -0.05) is 6.92 Å². The summed E-state index contributed by atoms with van der Waals surface area (Å²) in [7, 11) is 0. The third kappa shape index (κ3) is 9.69. The lowest BCUT2D eigenvalue weighted by atomic mass is 10.2. The molecule has 2 N–H and O–H groups in total. The van der Waals surface area contributed by atoms with Crippen LogP contribution in [-0.2, 0) is 9.53 Å². The summed E-state index contributed by atoms with van der Waals surface area (Å²) in [6.45, 7) is 5.76. The van der Waals surface area contributed by atoms with Crippen molar-refractivity contribution in [2.24, 2.45) is 0 Å². The van der Waals surface area contributed by atoms with Crippen LogP contribution in [0.15, 0.2) is 0 Å². The van der Waals surface area contributed by atoms with Crippen LogP contribution in [0.25, 0.3) is 0 Å². The van der Waals surface area contributed by atoms with E-state index in [0.717, 1.165) is 12.8 Å². The summed E-state index contributed by atoms with van der Waals surface area (Å²) in [5.41, 5.74) is 0. The first-order valence-corrected chi connectivity index (χ1v) is 5.73. The summed E-state index contributed by atoms with van der Waals surface area (Å²) >= 11 is 0. The third-order valence-corrected chi connectivity index (χ3v) is 2.17. The van der Waals surface area contributed by atoms with E-state index in [2.05, 4.69) is 5.32 Å². The van der Waals surface area contributed by atoms with Crippen molar-refractivity contribution >= 4 is 5.91 Å². The molecule has 0 fully saturated rings. The van der Waals surface area contributed by atoms with Crippen molar-refractivity contribution in [3.8, 4) is 0 Å². The normalized spacial score (nSPS) is 12.5. The summed E-state index contributed by atoms with van der Waals surface area (Å²) in [5, 5.41) is 12.0. The lowest BCUT2D eigenvalue weighted by molar-refractivity contribution is -0.121. The summed E-state index contributed by atoms with van der Waals surface area (Å²) in [5.74, 6) is 0.0398.